The lowest BCUT2D eigenvalue weighted by Gasteiger charge is -2.15. The molecule has 0 aliphatic heterocycles. The summed E-state index contributed by atoms with van der Waals surface area (Å²) in [5.41, 5.74) is 6.10. The highest BCUT2D eigenvalue weighted by Crippen LogP contribution is 2.35. The minimum atomic E-state index is 1.17. The van der Waals surface area contributed by atoms with Crippen molar-refractivity contribution in [3.8, 4) is 0 Å². The van der Waals surface area contributed by atoms with E-state index >= 15 is 0 Å². The lowest BCUT2D eigenvalue weighted by atomic mass is 9.90. The van der Waals surface area contributed by atoms with Gasteiger partial charge in [0, 0.05) is 0 Å². The van der Waals surface area contributed by atoms with Gasteiger partial charge in [-0.2, -0.15) is 0 Å². The maximum atomic E-state index is 2.42. The van der Waals surface area contributed by atoms with Crippen molar-refractivity contribution >= 4 is 0 Å². The minimum Gasteiger partial charge on any atom is -0.0723 e. The molecule has 0 saturated heterocycles. The molecular weight excluding hydrogens is 180 g/mol. The molecule has 0 radical (unpaired) electrons. The number of allylic oxidation sites excluding steroid dienone is 8. The van der Waals surface area contributed by atoms with Crippen LogP contribution in [0.15, 0.2) is 46.6 Å². The van der Waals surface area contributed by atoms with Crippen molar-refractivity contribution in [2.75, 3.05) is 0 Å². The van der Waals surface area contributed by atoms with E-state index < -0.39 is 0 Å². The van der Waals surface area contributed by atoms with Crippen LogP contribution < -0.4 is 0 Å². The van der Waals surface area contributed by atoms with E-state index in [1.165, 1.54) is 43.3 Å². The number of hydrogen-bond donors (Lipinski definition) is 0. The molecule has 0 aromatic carbocycles. The SMILES string of the molecule is CCCC1=CC2=CC=C(CCC)C2=CC1. The Kier molecular flexibility index (Phi) is 3.25. The van der Waals surface area contributed by atoms with Crippen LogP contribution in [-0.4, -0.2) is 0 Å². The molecule has 80 valence electrons. The van der Waals surface area contributed by atoms with E-state index in [0.717, 1.165) is 0 Å². The molecule has 0 heteroatoms. The Bertz CT molecular complexity index is 361. The molecule has 0 bridgehead atoms. The van der Waals surface area contributed by atoms with Crippen molar-refractivity contribution in [3.05, 3.63) is 46.6 Å². The van der Waals surface area contributed by atoms with E-state index in [4.69, 9.17) is 0 Å². The molecule has 0 N–H and O–H groups in total. The summed E-state index contributed by atoms with van der Waals surface area (Å²) in [6.45, 7) is 4.50. The molecule has 2 aliphatic rings. The van der Waals surface area contributed by atoms with Gasteiger partial charge in [-0.25, -0.2) is 0 Å². The van der Waals surface area contributed by atoms with Gasteiger partial charge in [-0.1, -0.05) is 56.6 Å². The third-order valence-electron chi connectivity index (χ3n) is 3.14. The summed E-state index contributed by atoms with van der Waals surface area (Å²) >= 11 is 0. The maximum Gasteiger partial charge on any atom is -0.0126 e. The first-order chi connectivity index (χ1) is 7.35. The van der Waals surface area contributed by atoms with Gasteiger partial charge >= 0.3 is 0 Å². The van der Waals surface area contributed by atoms with Gasteiger partial charge in [0.25, 0.3) is 0 Å². The van der Waals surface area contributed by atoms with Crippen LogP contribution in [0.25, 0.3) is 0 Å². The van der Waals surface area contributed by atoms with Gasteiger partial charge < -0.3 is 0 Å². The topological polar surface area (TPSA) is 0 Å². The first-order valence-electron chi connectivity index (χ1n) is 6.16. The number of hydrogen-bond acceptors (Lipinski definition) is 0. The summed E-state index contributed by atoms with van der Waals surface area (Å²) in [5.74, 6) is 0. The minimum absolute atomic E-state index is 1.17. The number of fused-ring (bicyclic) bond motifs is 1. The second-order valence-electron chi connectivity index (χ2n) is 4.44. The fourth-order valence-corrected chi connectivity index (χ4v) is 2.42. The van der Waals surface area contributed by atoms with E-state index in [1.807, 2.05) is 0 Å². The van der Waals surface area contributed by atoms with Crippen LogP contribution in [0.2, 0.25) is 0 Å². The van der Waals surface area contributed by atoms with Crippen molar-refractivity contribution in [3.63, 3.8) is 0 Å². The van der Waals surface area contributed by atoms with Crippen LogP contribution in [0, 0.1) is 0 Å². The van der Waals surface area contributed by atoms with E-state index in [0.29, 0.717) is 0 Å². The Hall–Kier alpha value is -1.04. The van der Waals surface area contributed by atoms with Crippen LogP contribution in [0.5, 0.6) is 0 Å². The van der Waals surface area contributed by atoms with Crippen LogP contribution in [0.3, 0.4) is 0 Å². The second-order valence-corrected chi connectivity index (χ2v) is 4.44. The Morgan fingerprint density at radius 2 is 1.87 bits per heavy atom. The lowest BCUT2D eigenvalue weighted by molar-refractivity contribution is 0.867. The van der Waals surface area contributed by atoms with E-state index in [-0.39, 0.29) is 0 Å². The average Bonchev–Trinajstić information content (AvgIpc) is 2.62. The predicted octanol–water partition coefficient (Wildman–Crippen LogP) is 4.71. The van der Waals surface area contributed by atoms with Crippen molar-refractivity contribution in [2.24, 2.45) is 0 Å². The Morgan fingerprint density at radius 3 is 2.60 bits per heavy atom. The average molecular weight is 200 g/mol. The summed E-state index contributed by atoms with van der Waals surface area (Å²) < 4.78 is 0. The lowest BCUT2D eigenvalue weighted by Crippen LogP contribution is -1.96. The molecule has 0 aromatic rings. The first kappa shape index (κ1) is 10.5. The Morgan fingerprint density at radius 1 is 1.07 bits per heavy atom. The highest BCUT2D eigenvalue weighted by molar-refractivity contribution is 5.61. The molecule has 0 fully saturated rings. The molecule has 0 saturated carbocycles. The molecular formula is C15H20. The molecule has 0 amide bonds. The van der Waals surface area contributed by atoms with Crippen LogP contribution >= 0.6 is 0 Å². The third-order valence-corrected chi connectivity index (χ3v) is 3.14. The molecule has 15 heavy (non-hydrogen) atoms. The van der Waals surface area contributed by atoms with Crippen LogP contribution in [-0.2, 0) is 0 Å². The molecule has 2 rings (SSSR count). The normalized spacial score (nSPS) is 19.1. The first-order valence-corrected chi connectivity index (χ1v) is 6.16. The van der Waals surface area contributed by atoms with Gasteiger partial charge in [-0.05, 0) is 36.0 Å². The molecule has 0 atom stereocenters. The summed E-state index contributed by atoms with van der Waals surface area (Å²) in [6.07, 6.45) is 15.6. The molecule has 0 unspecified atom stereocenters. The summed E-state index contributed by atoms with van der Waals surface area (Å²) in [4.78, 5) is 0. The van der Waals surface area contributed by atoms with Crippen molar-refractivity contribution in [2.45, 2.75) is 46.0 Å². The van der Waals surface area contributed by atoms with Gasteiger partial charge in [0.2, 0.25) is 0 Å². The molecule has 0 nitrogen and oxygen atoms in total. The van der Waals surface area contributed by atoms with Crippen LogP contribution in [0.1, 0.15) is 46.0 Å². The van der Waals surface area contributed by atoms with Gasteiger partial charge in [-0.15, -0.1) is 0 Å². The zero-order valence-electron chi connectivity index (χ0n) is 9.84. The zero-order chi connectivity index (χ0) is 10.7. The van der Waals surface area contributed by atoms with E-state index in [9.17, 15) is 0 Å². The molecule has 2 aliphatic carbocycles. The molecule has 0 aromatic heterocycles. The summed E-state index contributed by atoms with van der Waals surface area (Å²) in [5, 5.41) is 0. The van der Waals surface area contributed by atoms with Crippen molar-refractivity contribution < 1.29 is 0 Å². The summed E-state index contributed by atoms with van der Waals surface area (Å²) in [6, 6.07) is 0. The quantitative estimate of drug-likeness (QED) is 0.616. The van der Waals surface area contributed by atoms with Crippen LogP contribution in [0.4, 0.5) is 0 Å². The summed E-state index contributed by atoms with van der Waals surface area (Å²) in [7, 11) is 0. The number of rotatable bonds is 4. The largest absolute Gasteiger partial charge is 0.0723 e. The van der Waals surface area contributed by atoms with E-state index in [1.54, 1.807) is 11.1 Å². The maximum absolute atomic E-state index is 2.42. The third kappa shape index (κ3) is 2.14. The van der Waals surface area contributed by atoms with Gasteiger partial charge in [-0.3, -0.25) is 0 Å². The van der Waals surface area contributed by atoms with Crippen molar-refractivity contribution in [1.82, 2.24) is 0 Å². The standard InChI is InChI=1S/C15H20/c1-3-5-12-7-10-15-13(6-4-2)8-9-14(15)11-12/h8-11H,3-7H2,1-2H3. The fourth-order valence-electron chi connectivity index (χ4n) is 2.42. The van der Waals surface area contributed by atoms with Gasteiger partial charge in [0.05, 0.1) is 0 Å². The molecule has 0 heterocycles. The Balaban J connectivity index is 2.09. The second kappa shape index (κ2) is 4.65. The highest BCUT2D eigenvalue weighted by atomic mass is 14.2. The van der Waals surface area contributed by atoms with Gasteiger partial charge in [0.1, 0.15) is 0 Å². The predicted molar refractivity (Wildman–Crippen MR) is 66.8 cm³/mol. The monoisotopic (exact) mass is 200 g/mol. The van der Waals surface area contributed by atoms with Gasteiger partial charge in [0.15, 0.2) is 0 Å². The van der Waals surface area contributed by atoms with Crippen molar-refractivity contribution in [1.29, 1.82) is 0 Å². The molecule has 0 spiro atoms. The highest BCUT2D eigenvalue weighted by Gasteiger charge is 2.16. The fraction of sp³-hybridized carbons (Fsp3) is 0.467. The smallest absolute Gasteiger partial charge is 0.0126 e. The van der Waals surface area contributed by atoms with E-state index in [2.05, 4.69) is 38.2 Å². The Labute approximate surface area is 93.1 Å². The zero-order valence-corrected chi connectivity index (χ0v) is 9.84.